The third-order valence-electron chi connectivity index (χ3n) is 5.20. The van der Waals surface area contributed by atoms with Crippen LogP contribution >= 0.6 is 0 Å². The molecule has 0 aromatic rings. The quantitative estimate of drug-likeness (QED) is 0.825. The molecule has 0 heterocycles. The molecule has 0 radical (unpaired) electrons. The summed E-state index contributed by atoms with van der Waals surface area (Å²) in [6.07, 6.45) is 10.5. The zero-order chi connectivity index (χ0) is 13.9. The van der Waals surface area contributed by atoms with Crippen molar-refractivity contribution in [2.45, 2.75) is 83.2 Å². The van der Waals surface area contributed by atoms with Crippen molar-refractivity contribution in [3.8, 4) is 0 Å². The maximum Gasteiger partial charge on any atom is 0.240 e. The number of carbonyl (C=O) groups excluding carboxylic acids is 1. The van der Waals surface area contributed by atoms with E-state index in [1.165, 1.54) is 38.5 Å². The van der Waals surface area contributed by atoms with Crippen LogP contribution in [0.4, 0.5) is 0 Å². The fraction of sp³-hybridized carbons (Fsp3) is 0.938. The molecule has 2 aliphatic rings. The van der Waals surface area contributed by atoms with E-state index in [0.717, 1.165) is 19.3 Å². The molecule has 3 nitrogen and oxygen atoms in total. The van der Waals surface area contributed by atoms with Gasteiger partial charge in [0.2, 0.25) is 5.91 Å². The summed E-state index contributed by atoms with van der Waals surface area (Å²) in [5.41, 5.74) is 5.75. The fourth-order valence-corrected chi connectivity index (χ4v) is 3.90. The molecule has 3 N–H and O–H groups in total. The van der Waals surface area contributed by atoms with Crippen molar-refractivity contribution in [2.24, 2.45) is 17.6 Å². The Labute approximate surface area is 117 Å². The van der Waals surface area contributed by atoms with Gasteiger partial charge in [0.15, 0.2) is 0 Å². The highest BCUT2D eigenvalue weighted by molar-refractivity contribution is 5.86. The van der Waals surface area contributed by atoms with Gasteiger partial charge in [0.05, 0.1) is 5.54 Å². The van der Waals surface area contributed by atoms with Crippen molar-refractivity contribution >= 4 is 5.91 Å². The third-order valence-corrected chi connectivity index (χ3v) is 5.20. The molecular weight excluding hydrogens is 236 g/mol. The first-order chi connectivity index (χ1) is 9.01. The van der Waals surface area contributed by atoms with Crippen LogP contribution in [0, 0.1) is 11.8 Å². The number of amides is 1. The zero-order valence-electron chi connectivity index (χ0n) is 12.6. The second-order valence-corrected chi connectivity index (χ2v) is 7.02. The normalized spacial score (nSPS) is 34.8. The van der Waals surface area contributed by atoms with Gasteiger partial charge in [-0.15, -0.1) is 0 Å². The predicted octanol–water partition coefficient (Wildman–Crippen LogP) is 2.98. The lowest BCUT2D eigenvalue weighted by Gasteiger charge is -2.37. The summed E-state index contributed by atoms with van der Waals surface area (Å²) in [7, 11) is 0. The lowest BCUT2D eigenvalue weighted by atomic mass is 9.76. The SMILES string of the molecule is CC1CCCC(N)(C(=O)NC(C)C2CCCCC2)C1. The van der Waals surface area contributed by atoms with Crippen molar-refractivity contribution in [1.29, 1.82) is 0 Å². The molecule has 2 saturated carbocycles. The van der Waals surface area contributed by atoms with Crippen molar-refractivity contribution < 1.29 is 4.79 Å². The van der Waals surface area contributed by atoms with E-state index in [1.54, 1.807) is 0 Å². The smallest absolute Gasteiger partial charge is 0.240 e. The van der Waals surface area contributed by atoms with Crippen LogP contribution in [0.5, 0.6) is 0 Å². The monoisotopic (exact) mass is 266 g/mol. The molecule has 1 amide bonds. The van der Waals surface area contributed by atoms with Crippen LogP contribution < -0.4 is 11.1 Å². The van der Waals surface area contributed by atoms with Crippen molar-refractivity contribution in [3.63, 3.8) is 0 Å². The van der Waals surface area contributed by atoms with Crippen LogP contribution in [0.3, 0.4) is 0 Å². The molecule has 0 aromatic heterocycles. The van der Waals surface area contributed by atoms with E-state index in [4.69, 9.17) is 5.73 Å². The number of nitrogens with one attached hydrogen (secondary N) is 1. The Morgan fingerprint density at radius 1 is 1.21 bits per heavy atom. The van der Waals surface area contributed by atoms with Crippen LogP contribution in [-0.4, -0.2) is 17.5 Å². The van der Waals surface area contributed by atoms with Gasteiger partial charge < -0.3 is 11.1 Å². The van der Waals surface area contributed by atoms with Crippen molar-refractivity contribution in [3.05, 3.63) is 0 Å². The van der Waals surface area contributed by atoms with E-state index >= 15 is 0 Å². The lowest BCUT2D eigenvalue weighted by Crippen LogP contribution is -2.58. The number of nitrogens with two attached hydrogens (primary N) is 1. The van der Waals surface area contributed by atoms with Crippen LogP contribution in [0.2, 0.25) is 0 Å². The number of hydrogen-bond acceptors (Lipinski definition) is 2. The minimum absolute atomic E-state index is 0.0946. The topological polar surface area (TPSA) is 55.1 Å². The molecule has 0 saturated heterocycles. The highest BCUT2D eigenvalue weighted by atomic mass is 16.2. The van der Waals surface area contributed by atoms with Gasteiger partial charge in [-0.3, -0.25) is 4.79 Å². The molecule has 0 aromatic carbocycles. The van der Waals surface area contributed by atoms with Gasteiger partial charge in [0.25, 0.3) is 0 Å². The van der Waals surface area contributed by atoms with Gasteiger partial charge in [-0.2, -0.15) is 0 Å². The Hall–Kier alpha value is -0.570. The Morgan fingerprint density at radius 2 is 1.89 bits per heavy atom. The summed E-state index contributed by atoms with van der Waals surface area (Å²) < 4.78 is 0. The van der Waals surface area contributed by atoms with E-state index in [9.17, 15) is 4.79 Å². The highest BCUT2D eigenvalue weighted by Crippen LogP contribution is 2.31. The third kappa shape index (κ3) is 3.71. The van der Waals surface area contributed by atoms with Crippen LogP contribution in [0.1, 0.15) is 71.6 Å². The molecule has 3 unspecified atom stereocenters. The van der Waals surface area contributed by atoms with Gasteiger partial charge in [-0.05, 0) is 44.4 Å². The van der Waals surface area contributed by atoms with Crippen LogP contribution in [-0.2, 0) is 4.79 Å². The Balaban J connectivity index is 1.88. The summed E-state index contributed by atoms with van der Waals surface area (Å²) in [5.74, 6) is 1.33. The summed E-state index contributed by atoms with van der Waals surface area (Å²) in [6, 6.07) is 0.283. The first-order valence-corrected chi connectivity index (χ1v) is 8.11. The molecule has 19 heavy (non-hydrogen) atoms. The van der Waals surface area contributed by atoms with Crippen molar-refractivity contribution in [2.75, 3.05) is 0 Å². The Kier molecular flexibility index (Phi) is 4.88. The predicted molar refractivity (Wildman–Crippen MR) is 78.7 cm³/mol. The molecule has 0 aliphatic heterocycles. The average molecular weight is 266 g/mol. The minimum Gasteiger partial charge on any atom is -0.352 e. The van der Waals surface area contributed by atoms with Gasteiger partial charge in [0.1, 0.15) is 0 Å². The van der Waals surface area contributed by atoms with Crippen LogP contribution in [0.25, 0.3) is 0 Å². The average Bonchev–Trinajstić information content (AvgIpc) is 2.39. The maximum absolute atomic E-state index is 12.5. The molecule has 0 spiro atoms. The van der Waals surface area contributed by atoms with Crippen molar-refractivity contribution in [1.82, 2.24) is 5.32 Å². The van der Waals surface area contributed by atoms with Gasteiger partial charge in [-0.1, -0.05) is 39.0 Å². The van der Waals surface area contributed by atoms with E-state index in [2.05, 4.69) is 19.2 Å². The second-order valence-electron chi connectivity index (χ2n) is 7.02. The Bertz CT molecular complexity index is 312. The molecule has 2 rings (SSSR count). The Morgan fingerprint density at radius 3 is 2.53 bits per heavy atom. The maximum atomic E-state index is 12.5. The standard InChI is InChI=1S/C16H30N2O/c1-12-7-6-10-16(17,11-12)15(19)18-13(2)14-8-4-3-5-9-14/h12-14H,3-11,17H2,1-2H3,(H,18,19). The molecule has 3 heteroatoms. The molecular formula is C16H30N2O. The first kappa shape index (κ1) is 14.8. The summed E-state index contributed by atoms with van der Waals surface area (Å²) in [5, 5.41) is 3.22. The second kappa shape index (κ2) is 6.25. The van der Waals surface area contributed by atoms with E-state index in [-0.39, 0.29) is 11.9 Å². The fourth-order valence-electron chi connectivity index (χ4n) is 3.90. The van der Waals surface area contributed by atoms with Gasteiger partial charge in [-0.25, -0.2) is 0 Å². The molecule has 2 fully saturated rings. The van der Waals surface area contributed by atoms with E-state index in [1.807, 2.05) is 0 Å². The summed E-state index contributed by atoms with van der Waals surface area (Å²) >= 11 is 0. The molecule has 0 bridgehead atoms. The number of rotatable bonds is 3. The molecule has 3 atom stereocenters. The molecule has 2 aliphatic carbocycles. The van der Waals surface area contributed by atoms with Gasteiger partial charge >= 0.3 is 0 Å². The lowest BCUT2D eigenvalue weighted by molar-refractivity contribution is -0.129. The summed E-state index contributed by atoms with van der Waals surface area (Å²) in [6.45, 7) is 4.36. The van der Waals surface area contributed by atoms with Gasteiger partial charge in [0, 0.05) is 6.04 Å². The largest absolute Gasteiger partial charge is 0.352 e. The highest BCUT2D eigenvalue weighted by Gasteiger charge is 2.38. The first-order valence-electron chi connectivity index (χ1n) is 8.11. The zero-order valence-corrected chi connectivity index (χ0v) is 12.6. The summed E-state index contributed by atoms with van der Waals surface area (Å²) in [4.78, 5) is 12.5. The van der Waals surface area contributed by atoms with E-state index in [0.29, 0.717) is 11.8 Å². The molecule has 110 valence electrons. The number of hydrogen-bond donors (Lipinski definition) is 2. The van der Waals surface area contributed by atoms with E-state index < -0.39 is 5.54 Å². The minimum atomic E-state index is -0.611. The van der Waals surface area contributed by atoms with Crippen LogP contribution in [0.15, 0.2) is 0 Å². The number of carbonyl (C=O) groups is 1.